The number of aliphatic hydroxyl groups excluding tert-OH is 1. The molecule has 3 unspecified atom stereocenters. The predicted octanol–water partition coefficient (Wildman–Crippen LogP) is 16.9. The molecule has 480 valence electrons. The summed E-state index contributed by atoms with van der Waals surface area (Å²) in [5.41, 5.74) is 0. The van der Waals surface area contributed by atoms with Gasteiger partial charge in [-0.25, -0.2) is 9.13 Å². The highest BCUT2D eigenvalue weighted by molar-refractivity contribution is 7.47. The lowest BCUT2D eigenvalue weighted by molar-refractivity contribution is -0.161. The molecule has 0 aromatic heterocycles. The molecule has 0 aliphatic heterocycles. The average molecular weight is 1200 g/mol. The van der Waals surface area contributed by atoms with Crippen molar-refractivity contribution in [3.8, 4) is 0 Å². The van der Waals surface area contributed by atoms with E-state index in [4.69, 9.17) is 37.0 Å². The summed E-state index contributed by atoms with van der Waals surface area (Å²) in [7, 11) is -9.87. The molecule has 19 heteroatoms. The molecular weight excluding hydrogens is 1080 g/mol. The SMILES string of the molecule is CCCCCCCCCC(=O)OC[C@H](COP(=O)(O)OC[C@H](O)COP(=O)(O)OC[C@@H](COC(=O)CCCCCCCCC(C)C)OC(=O)CCCCCCCCCCCCCCCCC(C)CC)OC(=O)CCCCCCCCC. The fraction of sp³-hybridized carbons (Fsp3) is 0.935. The number of carbonyl (C=O) groups excluding carboxylic acids is 4. The summed E-state index contributed by atoms with van der Waals surface area (Å²) in [5, 5.41) is 10.5. The van der Waals surface area contributed by atoms with Gasteiger partial charge in [0.1, 0.15) is 19.3 Å². The fourth-order valence-electron chi connectivity index (χ4n) is 9.15. The van der Waals surface area contributed by atoms with Crippen LogP contribution >= 0.6 is 15.6 Å². The molecule has 0 heterocycles. The molecule has 0 bridgehead atoms. The molecule has 0 radical (unpaired) electrons. The highest BCUT2D eigenvalue weighted by Gasteiger charge is 2.30. The first kappa shape index (κ1) is 79.1. The van der Waals surface area contributed by atoms with Gasteiger partial charge in [-0.15, -0.1) is 0 Å². The van der Waals surface area contributed by atoms with Crippen molar-refractivity contribution in [3.05, 3.63) is 0 Å². The molecule has 17 nitrogen and oxygen atoms in total. The Hall–Kier alpha value is -1.94. The van der Waals surface area contributed by atoms with E-state index in [1.807, 2.05) is 0 Å². The second kappa shape index (κ2) is 54.7. The van der Waals surface area contributed by atoms with Crippen LogP contribution in [0.3, 0.4) is 0 Å². The summed E-state index contributed by atoms with van der Waals surface area (Å²) in [6.45, 7) is 9.36. The van der Waals surface area contributed by atoms with Crippen LogP contribution in [0.15, 0.2) is 0 Å². The van der Waals surface area contributed by atoms with Crippen LogP contribution in [0.1, 0.15) is 305 Å². The molecular formula is C62H120O17P2. The minimum atomic E-state index is -4.94. The maximum absolute atomic E-state index is 12.9. The molecule has 0 aromatic carbocycles. The Morgan fingerprint density at radius 1 is 0.358 bits per heavy atom. The number of esters is 4. The van der Waals surface area contributed by atoms with Gasteiger partial charge in [-0.3, -0.25) is 37.3 Å². The molecule has 0 spiro atoms. The molecule has 0 rings (SSSR count). The maximum Gasteiger partial charge on any atom is 0.472 e. The van der Waals surface area contributed by atoms with Crippen LogP contribution in [0.4, 0.5) is 0 Å². The summed E-state index contributed by atoms with van der Waals surface area (Å²) < 4.78 is 67.7. The fourth-order valence-corrected chi connectivity index (χ4v) is 10.7. The first-order valence-electron chi connectivity index (χ1n) is 32.5. The Morgan fingerprint density at radius 2 is 0.630 bits per heavy atom. The van der Waals surface area contributed by atoms with Crippen LogP contribution < -0.4 is 0 Å². The van der Waals surface area contributed by atoms with E-state index in [-0.39, 0.29) is 25.7 Å². The Labute approximate surface area is 492 Å². The van der Waals surface area contributed by atoms with Gasteiger partial charge in [0.05, 0.1) is 26.4 Å². The van der Waals surface area contributed by atoms with E-state index < -0.39 is 97.5 Å². The number of unbranched alkanes of at least 4 members (excludes halogenated alkanes) is 30. The zero-order valence-corrected chi connectivity index (χ0v) is 53.9. The van der Waals surface area contributed by atoms with Crippen LogP contribution in [-0.2, 0) is 65.4 Å². The van der Waals surface area contributed by atoms with Crippen molar-refractivity contribution in [3.63, 3.8) is 0 Å². The van der Waals surface area contributed by atoms with Gasteiger partial charge in [-0.1, -0.05) is 253 Å². The lowest BCUT2D eigenvalue weighted by Gasteiger charge is -2.21. The normalized spacial score (nSPS) is 14.7. The van der Waals surface area contributed by atoms with E-state index in [1.54, 1.807) is 0 Å². The summed E-state index contributed by atoms with van der Waals surface area (Å²) in [6, 6.07) is 0. The first-order valence-corrected chi connectivity index (χ1v) is 35.5. The van der Waals surface area contributed by atoms with Gasteiger partial charge in [0.25, 0.3) is 0 Å². The predicted molar refractivity (Wildman–Crippen MR) is 321 cm³/mol. The van der Waals surface area contributed by atoms with Gasteiger partial charge in [0.15, 0.2) is 12.2 Å². The van der Waals surface area contributed by atoms with Gasteiger partial charge in [0, 0.05) is 25.7 Å². The molecule has 0 saturated heterocycles. The molecule has 81 heavy (non-hydrogen) atoms. The van der Waals surface area contributed by atoms with E-state index in [1.165, 1.54) is 89.9 Å². The number of aliphatic hydroxyl groups is 1. The second-order valence-corrected chi connectivity index (χ2v) is 26.1. The molecule has 0 amide bonds. The van der Waals surface area contributed by atoms with E-state index in [0.717, 1.165) is 128 Å². The third-order valence-corrected chi connectivity index (χ3v) is 16.5. The molecule has 3 N–H and O–H groups in total. The van der Waals surface area contributed by atoms with Gasteiger partial charge in [-0.05, 0) is 37.5 Å². The minimum Gasteiger partial charge on any atom is -0.462 e. The lowest BCUT2D eigenvalue weighted by atomic mass is 9.99. The van der Waals surface area contributed by atoms with Gasteiger partial charge in [0.2, 0.25) is 0 Å². The highest BCUT2D eigenvalue weighted by atomic mass is 31.2. The monoisotopic (exact) mass is 1200 g/mol. The first-order chi connectivity index (χ1) is 38.9. The molecule has 0 saturated carbocycles. The summed E-state index contributed by atoms with van der Waals surface area (Å²) in [4.78, 5) is 71.8. The third-order valence-electron chi connectivity index (χ3n) is 14.6. The summed E-state index contributed by atoms with van der Waals surface area (Å²) in [6.07, 6.45) is 36.6. The average Bonchev–Trinajstić information content (AvgIpc) is 3.43. The quantitative estimate of drug-likeness (QED) is 0.0222. The number of phosphoric acid groups is 2. The van der Waals surface area contributed by atoms with Gasteiger partial charge in [-0.2, -0.15) is 0 Å². The Bertz CT molecular complexity index is 1600. The number of phosphoric ester groups is 2. The minimum absolute atomic E-state index is 0.103. The Balaban J connectivity index is 5.13. The Kier molecular flexibility index (Phi) is 53.4. The smallest absolute Gasteiger partial charge is 0.462 e. The van der Waals surface area contributed by atoms with Crippen molar-refractivity contribution in [1.29, 1.82) is 0 Å². The molecule has 0 fully saturated rings. The van der Waals surface area contributed by atoms with Crippen molar-refractivity contribution < 1.29 is 80.2 Å². The molecule has 6 atom stereocenters. The van der Waals surface area contributed by atoms with Crippen LogP contribution in [0, 0.1) is 11.8 Å². The summed E-state index contributed by atoms with van der Waals surface area (Å²) >= 11 is 0. The molecule has 0 aliphatic rings. The summed E-state index contributed by atoms with van der Waals surface area (Å²) in [5.74, 6) is -0.622. The number of hydrogen-bond donors (Lipinski definition) is 3. The van der Waals surface area contributed by atoms with Crippen molar-refractivity contribution in [2.45, 2.75) is 323 Å². The third kappa shape index (κ3) is 55.7. The maximum atomic E-state index is 12.9. The second-order valence-electron chi connectivity index (χ2n) is 23.2. The zero-order chi connectivity index (χ0) is 60.1. The molecule has 0 aliphatic carbocycles. The highest BCUT2D eigenvalue weighted by Crippen LogP contribution is 2.45. The zero-order valence-electron chi connectivity index (χ0n) is 52.1. The molecule has 0 aromatic rings. The lowest BCUT2D eigenvalue weighted by Crippen LogP contribution is -2.30. The van der Waals surface area contributed by atoms with E-state index in [9.17, 15) is 43.2 Å². The topological polar surface area (TPSA) is 237 Å². The van der Waals surface area contributed by atoms with Crippen molar-refractivity contribution in [2.75, 3.05) is 39.6 Å². The number of rotatable bonds is 61. The number of hydrogen-bond acceptors (Lipinski definition) is 15. The van der Waals surface area contributed by atoms with E-state index in [0.29, 0.717) is 31.6 Å². The van der Waals surface area contributed by atoms with Crippen molar-refractivity contribution >= 4 is 39.5 Å². The number of carbonyl (C=O) groups is 4. The van der Waals surface area contributed by atoms with Crippen LogP contribution in [-0.4, -0.2) is 96.7 Å². The number of ether oxygens (including phenoxy) is 4. The standard InChI is InChI=1S/C62H120O17P2/c1-7-10-12-14-24-32-38-44-59(64)72-50-57(78-61(66)46-40-34-25-15-13-11-8-2)52-76-80(68,69)74-48-56(63)49-75-81(70,71)77-53-58(51-73-60(65)45-39-33-29-28-30-36-42-54(4)5)79-62(67)47-41-35-27-23-21-19-17-16-18-20-22-26-31-37-43-55(6)9-3/h54-58,63H,7-53H2,1-6H3,(H,68,69)(H,70,71)/t55?,56-,57+,58+/m0/s1. The Morgan fingerprint density at radius 3 is 0.938 bits per heavy atom. The van der Waals surface area contributed by atoms with Gasteiger partial charge < -0.3 is 33.8 Å². The van der Waals surface area contributed by atoms with Crippen LogP contribution in [0.2, 0.25) is 0 Å². The van der Waals surface area contributed by atoms with Crippen LogP contribution in [0.25, 0.3) is 0 Å². The van der Waals surface area contributed by atoms with E-state index >= 15 is 0 Å². The largest absolute Gasteiger partial charge is 0.472 e. The van der Waals surface area contributed by atoms with Crippen molar-refractivity contribution in [1.82, 2.24) is 0 Å². The van der Waals surface area contributed by atoms with E-state index in [2.05, 4.69) is 41.5 Å². The van der Waals surface area contributed by atoms with Gasteiger partial charge >= 0.3 is 39.5 Å². The van der Waals surface area contributed by atoms with Crippen molar-refractivity contribution in [2.24, 2.45) is 11.8 Å². The van der Waals surface area contributed by atoms with Crippen LogP contribution in [0.5, 0.6) is 0 Å².